The number of rotatable bonds is 3. The topological polar surface area (TPSA) is 75.9 Å². The molecule has 0 radical (unpaired) electrons. The average Bonchev–Trinajstić information content (AvgIpc) is 3.20. The van der Waals surface area contributed by atoms with E-state index >= 15 is 0 Å². The van der Waals surface area contributed by atoms with E-state index in [1.807, 2.05) is 37.3 Å². The molecule has 6 nitrogen and oxygen atoms in total. The van der Waals surface area contributed by atoms with Crippen LogP contribution in [0.15, 0.2) is 30.3 Å². The number of benzene rings is 1. The quantitative estimate of drug-likeness (QED) is 0.834. The van der Waals surface area contributed by atoms with Crippen LogP contribution in [0.2, 0.25) is 0 Å². The molecule has 1 aromatic rings. The van der Waals surface area contributed by atoms with E-state index in [-0.39, 0.29) is 18.0 Å². The first-order valence-corrected chi connectivity index (χ1v) is 8.59. The number of nitrogens with two attached hydrogens (primary N) is 1. The van der Waals surface area contributed by atoms with E-state index in [0.717, 1.165) is 18.6 Å². The SMILES string of the molecule is C[C@@H]1[C@H](N)CCN1C(=O)C(=O)N1CCC(COc2ccccc2)C1. The van der Waals surface area contributed by atoms with Crippen LogP contribution in [0.3, 0.4) is 0 Å². The minimum atomic E-state index is -0.417. The van der Waals surface area contributed by atoms with Gasteiger partial charge in [-0.2, -0.15) is 0 Å². The minimum Gasteiger partial charge on any atom is -0.493 e. The first-order chi connectivity index (χ1) is 11.6. The van der Waals surface area contributed by atoms with Gasteiger partial charge in [-0.25, -0.2) is 0 Å². The van der Waals surface area contributed by atoms with Crippen molar-refractivity contribution in [2.75, 3.05) is 26.2 Å². The van der Waals surface area contributed by atoms with Gasteiger partial charge in [-0.05, 0) is 31.9 Å². The molecule has 2 aliphatic heterocycles. The van der Waals surface area contributed by atoms with E-state index in [2.05, 4.69) is 0 Å². The van der Waals surface area contributed by atoms with Crippen molar-refractivity contribution in [1.82, 2.24) is 9.80 Å². The summed E-state index contributed by atoms with van der Waals surface area (Å²) in [5, 5.41) is 0. The Hall–Kier alpha value is -2.08. The fourth-order valence-corrected chi connectivity index (χ4v) is 3.39. The molecule has 0 bridgehead atoms. The molecule has 2 heterocycles. The number of para-hydroxylation sites is 1. The van der Waals surface area contributed by atoms with E-state index in [1.165, 1.54) is 0 Å². The minimum absolute atomic E-state index is 0.0349. The van der Waals surface area contributed by atoms with Crippen molar-refractivity contribution >= 4 is 11.8 Å². The molecular formula is C18H25N3O3. The second-order valence-electron chi connectivity index (χ2n) is 6.72. The molecule has 1 unspecified atom stereocenters. The van der Waals surface area contributed by atoms with Crippen LogP contribution in [-0.4, -0.2) is 59.9 Å². The highest BCUT2D eigenvalue weighted by Gasteiger charge is 2.38. The molecule has 2 saturated heterocycles. The first kappa shape index (κ1) is 16.8. The van der Waals surface area contributed by atoms with Gasteiger partial charge in [0.1, 0.15) is 5.75 Å². The second kappa shape index (κ2) is 7.21. The molecule has 3 atom stereocenters. The smallest absolute Gasteiger partial charge is 0.312 e. The zero-order chi connectivity index (χ0) is 17.1. The van der Waals surface area contributed by atoms with Gasteiger partial charge < -0.3 is 20.3 Å². The van der Waals surface area contributed by atoms with E-state index < -0.39 is 11.8 Å². The predicted molar refractivity (Wildman–Crippen MR) is 90.4 cm³/mol. The van der Waals surface area contributed by atoms with Gasteiger partial charge in [0, 0.05) is 37.6 Å². The standard InChI is InChI=1S/C18H25N3O3/c1-13-16(19)8-10-21(13)18(23)17(22)20-9-7-14(11-20)12-24-15-5-3-2-4-6-15/h2-6,13-14,16H,7-12,19H2,1H3/t13-,14?,16-/m1/s1. The molecule has 2 N–H and O–H groups in total. The normalized spacial score (nSPS) is 26.7. The molecule has 0 aliphatic carbocycles. The van der Waals surface area contributed by atoms with Gasteiger partial charge in [-0.3, -0.25) is 9.59 Å². The molecule has 0 spiro atoms. The lowest BCUT2D eigenvalue weighted by molar-refractivity contribution is -0.151. The number of ether oxygens (including phenoxy) is 1. The highest BCUT2D eigenvalue weighted by molar-refractivity contribution is 6.35. The maximum absolute atomic E-state index is 12.5. The summed E-state index contributed by atoms with van der Waals surface area (Å²) in [5.41, 5.74) is 5.94. The summed E-state index contributed by atoms with van der Waals surface area (Å²) in [6, 6.07) is 9.54. The third kappa shape index (κ3) is 3.53. The van der Waals surface area contributed by atoms with Crippen molar-refractivity contribution in [3.8, 4) is 5.75 Å². The van der Waals surface area contributed by atoms with Crippen molar-refractivity contribution in [1.29, 1.82) is 0 Å². The summed E-state index contributed by atoms with van der Waals surface area (Å²) in [6.45, 7) is 4.23. The van der Waals surface area contributed by atoms with Gasteiger partial charge in [0.05, 0.1) is 6.61 Å². The van der Waals surface area contributed by atoms with Crippen LogP contribution in [0.5, 0.6) is 5.75 Å². The zero-order valence-electron chi connectivity index (χ0n) is 14.1. The van der Waals surface area contributed by atoms with Gasteiger partial charge >= 0.3 is 11.8 Å². The van der Waals surface area contributed by atoms with Gasteiger partial charge in [0.2, 0.25) is 0 Å². The van der Waals surface area contributed by atoms with E-state index in [9.17, 15) is 9.59 Å². The summed E-state index contributed by atoms with van der Waals surface area (Å²) < 4.78 is 5.76. The van der Waals surface area contributed by atoms with E-state index in [1.54, 1.807) is 9.80 Å². The fraction of sp³-hybridized carbons (Fsp3) is 0.556. The third-order valence-corrected chi connectivity index (χ3v) is 5.06. The second-order valence-corrected chi connectivity index (χ2v) is 6.72. The highest BCUT2D eigenvalue weighted by Crippen LogP contribution is 2.21. The van der Waals surface area contributed by atoms with Crippen LogP contribution < -0.4 is 10.5 Å². The number of hydrogen-bond donors (Lipinski definition) is 1. The Bertz CT molecular complexity index is 592. The summed E-state index contributed by atoms with van der Waals surface area (Å²) in [6.07, 6.45) is 1.62. The molecule has 2 fully saturated rings. The Morgan fingerprint density at radius 3 is 2.58 bits per heavy atom. The molecule has 24 heavy (non-hydrogen) atoms. The molecule has 2 aliphatic rings. The summed E-state index contributed by atoms with van der Waals surface area (Å²) in [7, 11) is 0. The zero-order valence-corrected chi connectivity index (χ0v) is 14.1. The van der Waals surface area contributed by atoms with Crippen LogP contribution in [0, 0.1) is 5.92 Å². The Kier molecular flexibility index (Phi) is 5.04. The van der Waals surface area contributed by atoms with E-state index in [0.29, 0.717) is 26.2 Å². The van der Waals surface area contributed by atoms with Crippen molar-refractivity contribution < 1.29 is 14.3 Å². The molecule has 0 aromatic heterocycles. The van der Waals surface area contributed by atoms with Crippen LogP contribution >= 0.6 is 0 Å². The van der Waals surface area contributed by atoms with Gasteiger partial charge in [-0.15, -0.1) is 0 Å². The fourth-order valence-electron chi connectivity index (χ4n) is 3.39. The first-order valence-electron chi connectivity index (χ1n) is 8.59. The lowest BCUT2D eigenvalue weighted by Gasteiger charge is -2.25. The Morgan fingerprint density at radius 1 is 1.17 bits per heavy atom. The average molecular weight is 331 g/mol. The van der Waals surface area contributed by atoms with E-state index in [4.69, 9.17) is 10.5 Å². The number of carbonyl (C=O) groups excluding carboxylic acids is 2. The molecular weight excluding hydrogens is 306 g/mol. The summed E-state index contributed by atoms with van der Waals surface area (Å²) in [4.78, 5) is 28.1. The van der Waals surface area contributed by atoms with Gasteiger partial charge in [0.25, 0.3) is 0 Å². The third-order valence-electron chi connectivity index (χ3n) is 5.06. The van der Waals surface area contributed by atoms with Gasteiger partial charge in [-0.1, -0.05) is 18.2 Å². The van der Waals surface area contributed by atoms with Crippen LogP contribution in [0.4, 0.5) is 0 Å². The Labute approximate surface area is 142 Å². The van der Waals surface area contributed by atoms with Crippen LogP contribution in [0.1, 0.15) is 19.8 Å². The van der Waals surface area contributed by atoms with Crippen LogP contribution in [0.25, 0.3) is 0 Å². The van der Waals surface area contributed by atoms with Crippen LogP contribution in [-0.2, 0) is 9.59 Å². The largest absolute Gasteiger partial charge is 0.493 e. The lowest BCUT2D eigenvalue weighted by atomic mass is 10.1. The number of hydrogen-bond acceptors (Lipinski definition) is 4. The number of carbonyl (C=O) groups is 2. The molecule has 130 valence electrons. The molecule has 3 rings (SSSR count). The number of likely N-dealkylation sites (tertiary alicyclic amines) is 2. The molecule has 2 amide bonds. The highest BCUT2D eigenvalue weighted by atomic mass is 16.5. The maximum Gasteiger partial charge on any atom is 0.312 e. The Morgan fingerprint density at radius 2 is 1.92 bits per heavy atom. The number of nitrogens with zero attached hydrogens (tertiary/aromatic N) is 2. The van der Waals surface area contributed by atoms with Crippen molar-refractivity contribution in [3.05, 3.63) is 30.3 Å². The molecule has 6 heteroatoms. The molecule has 1 aromatic carbocycles. The lowest BCUT2D eigenvalue weighted by Crippen LogP contribution is -2.48. The summed E-state index contributed by atoms with van der Waals surface area (Å²) in [5.74, 6) is 0.275. The predicted octanol–water partition coefficient (Wildman–Crippen LogP) is 0.862. The van der Waals surface area contributed by atoms with Crippen molar-refractivity contribution in [3.63, 3.8) is 0 Å². The number of amides is 2. The van der Waals surface area contributed by atoms with Gasteiger partial charge in [0.15, 0.2) is 0 Å². The summed E-state index contributed by atoms with van der Waals surface area (Å²) >= 11 is 0. The Balaban J connectivity index is 1.50. The van der Waals surface area contributed by atoms with Crippen molar-refractivity contribution in [2.24, 2.45) is 11.7 Å². The maximum atomic E-state index is 12.5. The monoisotopic (exact) mass is 331 g/mol. The van der Waals surface area contributed by atoms with Crippen molar-refractivity contribution in [2.45, 2.75) is 31.8 Å². The molecule has 0 saturated carbocycles.